The zero-order valence-corrected chi connectivity index (χ0v) is 12.4. The molecular formula is C13H9Cl3N4. The Morgan fingerprint density at radius 2 is 1.95 bits per heavy atom. The van der Waals surface area contributed by atoms with Crippen molar-refractivity contribution in [1.29, 1.82) is 0 Å². The molecule has 4 nitrogen and oxygen atoms in total. The number of aromatic nitrogens is 3. The zero-order chi connectivity index (χ0) is 14.3. The van der Waals surface area contributed by atoms with Gasteiger partial charge < -0.3 is 5.73 Å². The van der Waals surface area contributed by atoms with Crippen LogP contribution in [0.3, 0.4) is 0 Å². The number of halogens is 3. The van der Waals surface area contributed by atoms with E-state index in [0.717, 1.165) is 11.1 Å². The van der Waals surface area contributed by atoms with Crippen LogP contribution in [-0.4, -0.2) is 14.6 Å². The van der Waals surface area contributed by atoms with Crippen LogP contribution < -0.4 is 5.73 Å². The molecule has 20 heavy (non-hydrogen) atoms. The molecule has 0 aliphatic rings. The average molecular weight is 328 g/mol. The number of hydrogen-bond acceptors (Lipinski definition) is 3. The maximum absolute atomic E-state index is 6.19. The van der Waals surface area contributed by atoms with Gasteiger partial charge in [0.05, 0.1) is 16.2 Å². The van der Waals surface area contributed by atoms with Gasteiger partial charge in [0.15, 0.2) is 5.65 Å². The van der Waals surface area contributed by atoms with Crippen LogP contribution in [0.4, 0.5) is 5.82 Å². The van der Waals surface area contributed by atoms with E-state index < -0.39 is 0 Å². The van der Waals surface area contributed by atoms with E-state index >= 15 is 0 Å². The van der Waals surface area contributed by atoms with Crippen LogP contribution in [0.15, 0.2) is 30.5 Å². The predicted octanol–water partition coefficient (Wildman–Crippen LogP) is 3.86. The molecule has 1 aromatic carbocycles. The number of nitrogens with two attached hydrogens (primary N) is 1. The van der Waals surface area contributed by atoms with Gasteiger partial charge in [-0.2, -0.15) is 9.61 Å². The van der Waals surface area contributed by atoms with Gasteiger partial charge in [0.25, 0.3) is 0 Å². The molecule has 0 saturated carbocycles. The molecule has 0 bridgehead atoms. The molecule has 0 spiro atoms. The van der Waals surface area contributed by atoms with Crippen molar-refractivity contribution in [2.24, 2.45) is 0 Å². The average Bonchev–Trinajstić information content (AvgIpc) is 2.78. The molecule has 0 amide bonds. The van der Waals surface area contributed by atoms with Gasteiger partial charge in [-0.3, -0.25) is 0 Å². The van der Waals surface area contributed by atoms with Gasteiger partial charge in [-0.25, -0.2) is 4.98 Å². The first-order valence-electron chi connectivity index (χ1n) is 5.78. The van der Waals surface area contributed by atoms with Crippen LogP contribution in [0.2, 0.25) is 15.2 Å². The van der Waals surface area contributed by atoms with Crippen molar-refractivity contribution in [3.05, 3.63) is 56.8 Å². The van der Waals surface area contributed by atoms with Gasteiger partial charge in [0.1, 0.15) is 11.0 Å². The Morgan fingerprint density at radius 1 is 1.15 bits per heavy atom. The van der Waals surface area contributed by atoms with Crippen molar-refractivity contribution < 1.29 is 0 Å². The lowest BCUT2D eigenvalue weighted by Gasteiger charge is -2.05. The Kier molecular flexibility index (Phi) is 3.46. The lowest BCUT2D eigenvalue weighted by atomic mass is 10.1. The topological polar surface area (TPSA) is 56.2 Å². The Morgan fingerprint density at radius 3 is 2.75 bits per heavy atom. The minimum absolute atomic E-state index is 0.328. The van der Waals surface area contributed by atoms with E-state index in [-0.39, 0.29) is 0 Å². The van der Waals surface area contributed by atoms with E-state index in [2.05, 4.69) is 10.1 Å². The van der Waals surface area contributed by atoms with Crippen molar-refractivity contribution in [3.63, 3.8) is 0 Å². The number of nitrogens with zero attached hydrogens (tertiary/aromatic N) is 3. The first-order valence-corrected chi connectivity index (χ1v) is 6.91. The number of nitrogen functional groups attached to an aromatic ring is 1. The van der Waals surface area contributed by atoms with Gasteiger partial charge >= 0.3 is 0 Å². The van der Waals surface area contributed by atoms with Crippen molar-refractivity contribution in [3.8, 4) is 0 Å². The van der Waals surface area contributed by atoms with E-state index in [1.54, 1.807) is 22.8 Å². The van der Waals surface area contributed by atoms with E-state index in [9.17, 15) is 0 Å². The highest BCUT2D eigenvalue weighted by Gasteiger charge is 2.12. The molecule has 0 atom stereocenters. The Balaban J connectivity index is 2.09. The molecule has 102 valence electrons. The standard InChI is InChI=1S/C13H9Cl3N4/c14-9-3-1-2-7(12(9)16)4-8-6-18-20-11(17)5-10(15)19-13(8)20/h1-3,5-6H,4,17H2. The van der Waals surface area contributed by atoms with Crippen molar-refractivity contribution in [2.45, 2.75) is 6.42 Å². The third-order valence-corrected chi connectivity index (χ3v) is 4.01. The number of hydrogen-bond donors (Lipinski definition) is 1. The fraction of sp³-hybridized carbons (Fsp3) is 0.0769. The molecule has 2 N–H and O–H groups in total. The monoisotopic (exact) mass is 326 g/mol. The number of fused-ring (bicyclic) bond motifs is 1. The number of anilines is 1. The summed E-state index contributed by atoms with van der Waals surface area (Å²) in [5.41, 5.74) is 8.24. The summed E-state index contributed by atoms with van der Waals surface area (Å²) >= 11 is 18.1. The molecule has 2 heterocycles. The first kappa shape index (κ1) is 13.5. The predicted molar refractivity (Wildman–Crippen MR) is 81.7 cm³/mol. The van der Waals surface area contributed by atoms with Crippen LogP contribution >= 0.6 is 34.8 Å². The lowest BCUT2D eigenvalue weighted by molar-refractivity contribution is 0.952. The van der Waals surface area contributed by atoms with Crippen molar-refractivity contribution in [2.75, 3.05) is 5.73 Å². The van der Waals surface area contributed by atoms with Crippen LogP contribution in [0.5, 0.6) is 0 Å². The van der Waals surface area contributed by atoms with Gasteiger partial charge in [0, 0.05) is 18.1 Å². The maximum atomic E-state index is 6.19. The van der Waals surface area contributed by atoms with E-state index in [0.29, 0.717) is 33.1 Å². The Labute approximate surface area is 130 Å². The molecule has 0 saturated heterocycles. The van der Waals surface area contributed by atoms with Crippen LogP contribution in [-0.2, 0) is 6.42 Å². The number of rotatable bonds is 2. The summed E-state index contributed by atoms with van der Waals surface area (Å²) < 4.78 is 1.54. The van der Waals surface area contributed by atoms with Gasteiger partial charge in [-0.1, -0.05) is 46.9 Å². The zero-order valence-electron chi connectivity index (χ0n) is 10.1. The number of benzene rings is 1. The highest BCUT2D eigenvalue weighted by Crippen LogP contribution is 2.28. The second-order valence-corrected chi connectivity index (χ2v) is 5.47. The summed E-state index contributed by atoms with van der Waals surface area (Å²) in [7, 11) is 0. The van der Waals surface area contributed by atoms with E-state index in [1.165, 1.54) is 0 Å². The molecule has 0 fully saturated rings. The molecule has 0 unspecified atom stereocenters. The molecule has 7 heteroatoms. The van der Waals surface area contributed by atoms with Crippen molar-refractivity contribution in [1.82, 2.24) is 14.6 Å². The fourth-order valence-corrected chi connectivity index (χ4v) is 2.59. The second kappa shape index (κ2) is 5.13. The largest absolute Gasteiger partial charge is 0.383 e. The summed E-state index contributed by atoms with van der Waals surface area (Å²) in [5, 5.41) is 5.58. The van der Waals surface area contributed by atoms with Gasteiger partial charge in [-0.15, -0.1) is 0 Å². The summed E-state index contributed by atoms with van der Waals surface area (Å²) in [6.45, 7) is 0. The van der Waals surface area contributed by atoms with Crippen LogP contribution in [0.1, 0.15) is 11.1 Å². The van der Waals surface area contributed by atoms with Crippen LogP contribution in [0, 0.1) is 0 Å². The lowest BCUT2D eigenvalue weighted by Crippen LogP contribution is -2.00. The molecule has 3 rings (SSSR count). The molecule has 0 radical (unpaired) electrons. The molecule has 0 aliphatic carbocycles. The summed E-state index contributed by atoms with van der Waals surface area (Å²) in [4.78, 5) is 4.25. The molecule has 2 aromatic heterocycles. The minimum Gasteiger partial charge on any atom is -0.383 e. The quantitative estimate of drug-likeness (QED) is 0.727. The van der Waals surface area contributed by atoms with Gasteiger partial charge in [-0.05, 0) is 11.6 Å². The Bertz CT molecular complexity index is 798. The van der Waals surface area contributed by atoms with E-state index in [1.807, 2.05) is 12.1 Å². The highest BCUT2D eigenvalue weighted by molar-refractivity contribution is 6.42. The Hall–Kier alpha value is -1.49. The SMILES string of the molecule is Nc1cc(Cl)nc2c(Cc3cccc(Cl)c3Cl)cnn12. The molecular weight excluding hydrogens is 319 g/mol. The summed E-state index contributed by atoms with van der Waals surface area (Å²) in [6, 6.07) is 7.06. The maximum Gasteiger partial charge on any atom is 0.162 e. The fourth-order valence-electron chi connectivity index (χ4n) is 2.02. The third kappa shape index (κ3) is 2.30. The smallest absolute Gasteiger partial charge is 0.162 e. The normalized spacial score (nSPS) is 11.2. The molecule has 3 aromatic rings. The summed E-state index contributed by atoms with van der Waals surface area (Å²) in [5.74, 6) is 0.434. The van der Waals surface area contributed by atoms with E-state index in [4.69, 9.17) is 40.5 Å². The third-order valence-electron chi connectivity index (χ3n) is 2.95. The second-order valence-electron chi connectivity index (χ2n) is 4.30. The van der Waals surface area contributed by atoms with Gasteiger partial charge in [0.2, 0.25) is 0 Å². The first-order chi connectivity index (χ1) is 9.56. The minimum atomic E-state index is 0.328. The van der Waals surface area contributed by atoms with Crippen LogP contribution in [0.25, 0.3) is 5.65 Å². The molecule has 0 aliphatic heterocycles. The summed E-state index contributed by atoms with van der Waals surface area (Å²) in [6.07, 6.45) is 2.25. The highest BCUT2D eigenvalue weighted by atomic mass is 35.5. The van der Waals surface area contributed by atoms with Crippen molar-refractivity contribution >= 4 is 46.3 Å².